The van der Waals surface area contributed by atoms with E-state index in [4.69, 9.17) is 0 Å². The maximum atomic E-state index is 2.19. The molecule has 1 aromatic rings. The molecule has 0 bridgehead atoms. The molecule has 0 aliphatic heterocycles. The summed E-state index contributed by atoms with van der Waals surface area (Å²) < 4.78 is 0. The second kappa shape index (κ2) is 4.10. The van der Waals surface area contributed by atoms with Crippen LogP contribution >= 0.6 is 0 Å². The van der Waals surface area contributed by atoms with Gasteiger partial charge >= 0.3 is 0 Å². The Morgan fingerprint density at radius 2 is 1.83 bits per heavy atom. The molecule has 0 saturated carbocycles. The van der Waals surface area contributed by atoms with Crippen molar-refractivity contribution in [3.8, 4) is 0 Å². The molecule has 0 saturated heterocycles. The van der Waals surface area contributed by atoms with E-state index in [-0.39, 0.29) is 0 Å². The zero-order valence-corrected chi connectivity index (χ0v) is 8.09. The fraction of sp³-hybridized carbons (Fsp3) is 0.333. The van der Waals surface area contributed by atoms with Crippen molar-refractivity contribution in [3.05, 3.63) is 41.5 Å². The van der Waals surface area contributed by atoms with Crippen LogP contribution in [0.4, 0.5) is 0 Å². The van der Waals surface area contributed by atoms with E-state index in [1.165, 1.54) is 16.7 Å². The van der Waals surface area contributed by atoms with Crippen LogP contribution in [0.5, 0.6) is 0 Å². The molecule has 0 heteroatoms. The summed E-state index contributed by atoms with van der Waals surface area (Å²) in [5.74, 6) is 0. The Bertz CT molecular complexity index is 265. The summed E-state index contributed by atoms with van der Waals surface area (Å²) in [6, 6.07) is 8.70. The first kappa shape index (κ1) is 9.05. The van der Waals surface area contributed by atoms with Crippen molar-refractivity contribution in [2.45, 2.75) is 27.2 Å². The highest BCUT2D eigenvalue weighted by molar-refractivity contribution is 5.65. The lowest BCUT2D eigenvalue weighted by Gasteiger charge is -2.03. The first-order valence-corrected chi connectivity index (χ1v) is 4.50. The van der Waals surface area contributed by atoms with Gasteiger partial charge in [-0.3, -0.25) is 0 Å². The van der Waals surface area contributed by atoms with Crippen molar-refractivity contribution in [1.29, 1.82) is 0 Å². The second-order valence-electron chi connectivity index (χ2n) is 3.03. The zero-order valence-electron chi connectivity index (χ0n) is 8.09. The van der Waals surface area contributed by atoms with Crippen LogP contribution in [0.2, 0.25) is 0 Å². The van der Waals surface area contributed by atoms with Gasteiger partial charge in [-0.15, -0.1) is 0 Å². The van der Waals surface area contributed by atoms with Crippen LogP contribution in [0.25, 0.3) is 5.57 Å². The maximum absolute atomic E-state index is 2.19. The van der Waals surface area contributed by atoms with Gasteiger partial charge in [0.1, 0.15) is 0 Å². The van der Waals surface area contributed by atoms with Crippen LogP contribution in [0.3, 0.4) is 0 Å². The molecule has 0 amide bonds. The summed E-state index contributed by atoms with van der Waals surface area (Å²) in [7, 11) is 0. The molecule has 1 rings (SSSR count). The van der Waals surface area contributed by atoms with Gasteiger partial charge in [-0.05, 0) is 31.4 Å². The van der Waals surface area contributed by atoms with Crippen LogP contribution < -0.4 is 0 Å². The van der Waals surface area contributed by atoms with Crippen molar-refractivity contribution >= 4 is 5.57 Å². The molecule has 12 heavy (non-hydrogen) atoms. The van der Waals surface area contributed by atoms with Gasteiger partial charge in [0.25, 0.3) is 0 Å². The summed E-state index contributed by atoms with van der Waals surface area (Å²) in [5.41, 5.74) is 4.10. The molecule has 0 aromatic heterocycles. The van der Waals surface area contributed by atoms with Crippen LogP contribution in [-0.4, -0.2) is 0 Å². The van der Waals surface area contributed by atoms with Crippen molar-refractivity contribution in [3.63, 3.8) is 0 Å². The van der Waals surface area contributed by atoms with Gasteiger partial charge in [-0.1, -0.05) is 42.8 Å². The number of benzene rings is 1. The Morgan fingerprint density at radius 1 is 1.25 bits per heavy atom. The Labute approximate surface area is 74.9 Å². The molecule has 64 valence electrons. The largest absolute Gasteiger partial charge is 0.0839 e. The normalized spacial score (nSPS) is 11.8. The number of hydrogen-bond donors (Lipinski definition) is 0. The smallest absolute Gasteiger partial charge is 0.0228 e. The van der Waals surface area contributed by atoms with Gasteiger partial charge < -0.3 is 0 Å². The number of hydrogen-bond acceptors (Lipinski definition) is 0. The highest BCUT2D eigenvalue weighted by atomic mass is 14.0. The maximum Gasteiger partial charge on any atom is -0.0228 e. The van der Waals surface area contributed by atoms with E-state index in [1.807, 2.05) is 0 Å². The Hall–Kier alpha value is -1.04. The van der Waals surface area contributed by atoms with E-state index in [0.29, 0.717) is 0 Å². The van der Waals surface area contributed by atoms with Crippen molar-refractivity contribution in [1.82, 2.24) is 0 Å². The standard InChI is InChI=1S/C12H16/c1-4-11(5-2)12-8-6-10(3)7-9-12/h4,6-9H,5H2,1-3H3. The summed E-state index contributed by atoms with van der Waals surface area (Å²) >= 11 is 0. The Morgan fingerprint density at radius 3 is 2.25 bits per heavy atom. The quantitative estimate of drug-likeness (QED) is 0.617. The van der Waals surface area contributed by atoms with Gasteiger partial charge in [0.05, 0.1) is 0 Å². The van der Waals surface area contributed by atoms with E-state index in [9.17, 15) is 0 Å². The molecular weight excluding hydrogens is 144 g/mol. The van der Waals surface area contributed by atoms with E-state index >= 15 is 0 Å². The van der Waals surface area contributed by atoms with Crippen LogP contribution in [0.1, 0.15) is 31.4 Å². The summed E-state index contributed by atoms with van der Waals surface area (Å²) in [6.45, 7) is 6.40. The molecule has 0 N–H and O–H groups in total. The number of aryl methyl sites for hydroxylation is 1. The van der Waals surface area contributed by atoms with Crippen LogP contribution in [-0.2, 0) is 0 Å². The average molecular weight is 160 g/mol. The average Bonchev–Trinajstić information content (AvgIpc) is 2.10. The molecule has 0 aliphatic carbocycles. The van der Waals surface area contributed by atoms with Gasteiger partial charge in [0, 0.05) is 0 Å². The van der Waals surface area contributed by atoms with Crippen LogP contribution in [0, 0.1) is 6.92 Å². The van der Waals surface area contributed by atoms with Gasteiger partial charge in [-0.2, -0.15) is 0 Å². The first-order valence-electron chi connectivity index (χ1n) is 4.50. The molecule has 0 heterocycles. The van der Waals surface area contributed by atoms with Crippen molar-refractivity contribution in [2.24, 2.45) is 0 Å². The zero-order chi connectivity index (χ0) is 8.97. The van der Waals surface area contributed by atoms with E-state index in [2.05, 4.69) is 51.1 Å². The summed E-state index contributed by atoms with van der Waals surface area (Å²) in [6.07, 6.45) is 3.30. The van der Waals surface area contributed by atoms with E-state index in [0.717, 1.165) is 6.42 Å². The lowest BCUT2D eigenvalue weighted by atomic mass is 10.0. The predicted octanol–water partition coefficient (Wildman–Crippen LogP) is 3.81. The fourth-order valence-electron chi connectivity index (χ4n) is 1.34. The second-order valence-corrected chi connectivity index (χ2v) is 3.03. The molecule has 0 radical (unpaired) electrons. The fourth-order valence-corrected chi connectivity index (χ4v) is 1.34. The van der Waals surface area contributed by atoms with Crippen molar-refractivity contribution < 1.29 is 0 Å². The monoisotopic (exact) mass is 160 g/mol. The molecule has 0 atom stereocenters. The molecule has 0 unspecified atom stereocenters. The topological polar surface area (TPSA) is 0 Å². The highest BCUT2D eigenvalue weighted by Crippen LogP contribution is 2.17. The third-order valence-corrected chi connectivity index (χ3v) is 2.15. The van der Waals surface area contributed by atoms with E-state index in [1.54, 1.807) is 0 Å². The summed E-state index contributed by atoms with van der Waals surface area (Å²) in [4.78, 5) is 0. The third kappa shape index (κ3) is 1.97. The SMILES string of the molecule is CC=C(CC)c1ccc(C)cc1. The van der Waals surface area contributed by atoms with Gasteiger partial charge in [-0.25, -0.2) is 0 Å². The minimum absolute atomic E-state index is 1.11. The Kier molecular flexibility index (Phi) is 3.09. The number of rotatable bonds is 2. The number of allylic oxidation sites excluding steroid dienone is 2. The van der Waals surface area contributed by atoms with E-state index < -0.39 is 0 Å². The minimum Gasteiger partial charge on any atom is -0.0839 e. The van der Waals surface area contributed by atoms with Gasteiger partial charge in [0.2, 0.25) is 0 Å². The predicted molar refractivity (Wildman–Crippen MR) is 55.1 cm³/mol. The van der Waals surface area contributed by atoms with Gasteiger partial charge in [0.15, 0.2) is 0 Å². The highest BCUT2D eigenvalue weighted by Gasteiger charge is 1.95. The third-order valence-electron chi connectivity index (χ3n) is 2.15. The molecule has 1 aromatic carbocycles. The Balaban J connectivity index is 2.96. The first-order chi connectivity index (χ1) is 5.77. The molecular formula is C12H16. The lowest BCUT2D eigenvalue weighted by molar-refractivity contribution is 1.23. The lowest BCUT2D eigenvalue weighted by Crippen LogP contribution is -1.82. The van der Waals surface area contributed by atoms with Crippen LogP contribution in [0.15, 0.2) is 30.3 Å². The minimum atomic E-state index is 1.11. The molecule has 0 aliphatic rings. The molecule has 0 spiro atoms. The summed E-state index contributed by atoms with van der Waals surface area (Å²) in [5, 5.41) is 0. The molecule has 0 fully saturated rings. The van der Waals surface area contributed by atoms with Crippen molar-refractivity contribution in [2.75, 3.05) is 0 Å². The molecule has 0 nitrogen and oxygen atoms in total.